The average Bonchev–Trinajstić information content (AvgIpc) is 2.64. The molecule has 0 unspecified atom stereocenters. The van der Waals surface area contributed by atoms with E-state index in [-0.39, 0.29) is 17.9 Å². The van der Waals surface area contributed by atoms with Gasteiger partial charge in [0.15, 0.2) is 0 Å². The van der Waals surface area contributed by atoms with E-state index in [1.165, 1.54) is 6.92 Å². The predicted molar refractivity (Wildman–Crippen MR) is 103 cm³/mol. The predicted octanol–water partition coefficient (Wildman–Crippen LogP) is 4.12. The summed E-state index contributed by atoms with van der Waals surface area (Å²) in [7, 11) is 0. The first-order valence-corrected chi connectivity index (χ1v) is 8.97. The molecule has 3 rings (SSSR count). The molecule has 5 nitrogen and oxygen atoms in total. The minimum Gasteiger partial charge on any atom is -0.381 e. The van der Waals surface area contributed by atoms with Gasteiger partial charge in [-0.3, -0.25) is 9.59 Å². The van der Waals surface area contributed by atoms with Gasteiger partial charge < -0.3 is 15.0 Å². The van der Waals surface area contributed by atoms with E-state index in [0.29, 0.717) is 29.5 Å². The number of carbonyl (C=O) groups excluding carboxylic acids is 2. The van der Waals surface area contributed by atoms with Crippen molar-refractivity contribution >= 4 is 34.8 Å². The van der Waals surface area contributed by atoms with Gasteiger partial charge in [-0.15, -0.1) is 0 Å². The van der Waals surface area contributed by atoms with E-state index in [2.05, 4.69) is 5.32 Å². The van der Waals surface area contributed by atoms with Gasteiger partial charge in [-0.25, -0.2) is 0 Å². The standard InChI is InChI=1S/C20H21ClN2O3/c1-14(24)22-17-6-8-18(9-7-17)23(19-10-12-26-13-11-19)20(25)15-2-4-16(21)5-3-15/h2-9,19H,10-13H2,1H3,(H,22,24). The molecule has 2 amide bonds. The Labute approximate surface area is 157 Å². The Balaban J connectivity index is 1.91. The third-order valence-electron chi connectivity index (χ3n) is 4.33. The number of carbonyl (C=O) groups is 2. The Morgan fingerprint density at radius 1 is 1.04 bits per heavy atom. The second-order valence-electron chi connectivity index (χ2n) is 6.25. The number of nitrogens with one attached hydrogen (secondary N) is 1. The van der Waals surface area contributed by atoms with Crippen molar-refractivity contribution in [2.75, 3.05) is 23.4 Å². The molecule has 2 aromatic carbocycles. The minimum absolute atomic E-state index is 0.0681. The van der Waals surface area contributed by atoms with Crippen molar-refractivity contribution in [3.63, 3.8) is 0 Å². The number of hydrogen-bond donors (Lipinski definition) is 1. The molecule has 0 bridgehead atoms. The van der Waals surface area contributed by atoms with Crippen LogP contribution in [0.3, 0.4) is 0 Å². The van der Waals surface area contributed by atoms with Crippen molar-refractivity contribution in [1.29, 1.82) is 0 Å². The lowest BCUT2D eigenvalue weighted by Crippen LogP contribution is -2.43. The highest BCUT2D eigenvalue weighted by atomic mass is 35.5. The normalized spacial score (nSPS) is 14.7. The van der Waals surface area contributed by atoms with E-state index in [0.717, 1.165) is 18.5 Å². The molecule has 1 aliphatic rings. The van der Waals surface area contributed by atoms with Crippen LogP contribution in [0.5, 0.6) is 0 Å². The summed E-state index contributed by atoms with van der Waals surface area (Å²) < 4.78 is 5.45. The summed E-state index contributed by atoms with van der Waals surface area (Å²) >= 11 is 5.94. The van der Waals surface area contributed by atoms with Gasteiger partial charge >= 0.3 is 0 Å². The van der Waals surface area contributed by atoms with E-state index < -0.39 is 0 Å². The molecular weight excluding hydrogens is 352 g/mol. The van der Waals surface area contributed by atoms with Crippen LogP contribution in [0.15, 0.2) is 48.5 Å². The highest BCUT2D eigenvalue weighted by molar-refractivity contribution is 6.30. The van der Waals surface area contributed by atoms with Crippen molar-refractivity contribution < 1.29 is 14.3 Å². The van der Waals surface area contributed by atoms with Crippen LogP contribution >= 0.6 is 11.6 Å². The fourth-order valence-electron chi connectivity index (χ4n) is 3.08. The Hall–Kier alpha value is -2.37. The van der Waals surface area contributed by atoms with Crippen LogP contribution in [0.1, 0.15) is 30.1 Å². The van der Waals surface area contributed by atoms with Gasteiger partial charge in [0.05, 0.1) is 0 Å². The molecule has 136 valence electrons. The van der Waals surface area contributed by atoms with E-state index in [9.17, 15) is 9.59 Å². The molecule has 1 fully saturated rings. The number of amides is 2. The molecule has 0 aliphatic carbocycles. The highest BCUT2D eigenvalue weighted by Gasteiger charge is 2.28. The number of halogens is 1. The van der Waals surface area contributed by atoms with Crippen molar-refractivity contribution in [3.05, 3.63) is 59.1 Å². The van der Waals surface area contributed by atoms with Gasteiger partial charge in [-0.05, 0) is 61.4 Å². The van der Waals surface area contributed by atoms with Gasteiger partial charge in [0.25, 0.3) is 5.91 Å². The van der Waals surface area contributed by atoms with Crippen LogP contribution in [0.2, 0.25) is 5.02 Å². The molecule has 1 N–H and O–H groups in total. The number of benzene rings is 2. The summed E-state index contributed by atoms with van der Waals surface area (Å²) in [5.74, 6) is -0.197. The summed E-state index contributed by atoms with van der Waals surface area (Å²) in [6.45, 7) is 2.74. The maximum Gasteiger partial charge on any atom is 0.258 e. The van der Waals surface area contributed by atoms with Crippen molar-refractivity contribution in [1.82, 2.24) is 0 Å². The molecule has 0 spiro atoms. The third kappa shape index (κ3) is 4.42. The van der Waals surface area contributed by atoms with Crippen molar-refractivity contribution in [2.45, 2.75) is 25.8 Å². The van der Waals surface area contributed by atoms with E-state index in [4.69, 9.17) is 16.3 Å². The number of anilines is 2. The first-order chi connectivity index (χ1) is 12.5. The zero-order valence-corrected chi connectivity index (χ0v) is 15.3. The van der Waals surface area contributed by atoms with Crippen molar-refractivity contribution in [3.8, 4) is 0 Å². The fourth-order valence-corrected chi connectivity index (χ4v) is 3.20. The minimum atomic E-state index is -0.128. The topological polar surface area (TPSA) is 58.6 Å². The average molecular weight is 373 g/mol. The molecule has 1 heterocycles. The molecular formula is C20H21ClN2O3. The lowest BCUT2D eigenvalue weighted by atomic mass is 10.0. The Morgan fingerprint density at radius 2 is 1.65 bits per heavy atom. The largest absolute Gasteiger partial charge is 0.381 e. The molecule has 0 saturated carbocycles. The van der Waals surface area contributed by atoms with Gasteiger partial charge in [-0.1, -0.05) is 11.6 Å². The van der Waals surface area contributed by atoms with Crippen molar-refractivity contribution in [2.24, 2.45) is 0 Å². The van der Waals surface area contributed by atoms with Crippen LogP contribution in [-0.4, -0.2) is 31.1 Å². The van der Waals surface area contributed by atoms with Crippen LogP contribution in [0, 0.1) is 0 Å². The molecule has 1 saturated heterocycles. The lowest BCUT2D eigenvalue weighted by molar-refractivity contribution is -0.114. The summed E-state index contributed by atoms with van der Waals surface area (Å²) in [6.07, 6.45) is 1.57. The van der Waals surface area contributed by atoms with Crippen LogP contribution in [-0.2, 0) is 9.53 Å². The van der Waals surface area contributed by atoms with E-state index in [1.54, 1.807) is 36.4 Å². The SMILES string of the molecule is CC(=O)Nc1ccc(N(C(=O)c2ccc(Cl)cc2)C2CCOCC2)cc1. The zero-order valence-electron chi connectivity index (χ0n) is 14.6. The molecule has 2 aromatic rings. The van der Waals surface area contributed by atoms with Gasteiger partial charge in [0.2, 0.25) is 5.91 Å². The number of nitrogens with zero attached hydrogens (tertiary/aromatic N) is 1. The maximum atomic E-state index is 13.2. The lowest BCUT2D eigenvalue weighted by Gasteiger charge is -2.34. The molecule has 1 aliphatic heterocycles. The summed E-state index contributed by atoms with van der Waals surface area (Å²) in [5, 5.41) is 3.34. The number of hydrogen-bond acceptors (Lipinski definition) is 3. The number of ether oxygens (including phenoxy) is 1. The smallest absolute Gasteiger partial charge is 0.258 e. The first kappa shape index (κ1) is 18.4. The molecule has 26 heavy (non-hydrogen) atoms. The van der Waals surface area contributed by atoms with Gasteiger partial charge in [0, 0.05) is 48.1 Å². The van der Waals surface area contributed by atoms with Crippen LogP contribution < -0.4 is 10.2 Å². The fraction of sp³-hybridized carbons (Fsp3) is 0.300. The Morgan fingerprint density at radius 3 is 2.23 bits per heavy atom. The second-order valence-corrected chi connectivity index (χ2v) is 6.69. The third-order valence-corrected chi connectivity index (χ3v) is 4.58. The zero-order chi connectivity index (χ0) is 18.5. The quantitative estimate of drug-likeness (QED) is 0.878. The monoisotopic (exact) mass is 372 g/mol. The van der Waals surface area contributed by atoms with E-state index in [1.807, 2.05) is 17.0 Å². The Bertz CT molecular complexity index is 769. The summed E-state index contributed by atoms with van der Waals surface area (Å²) in [5.41, 5.74) is 2.09. The first-order valence-electron chi connectivity index (χ1n) is 8.59. The molecule has 0 radical (unpaired) electrons. The summed E-state index contributed by atoms with van der Waals surface area (Å²) in [4.78, 5) is 26.2. The molecule has 0 aromatic heterocycles. The maximum absolute atomic E-state index is 13.2. The highest BCUT2D eigenvalue weighted by Crippen LogP contribution is 2.27. The van der Waals surface area contributed by atoms with Gasteiger partial charge in [0.1, 0.15) is 0 Å². The molecule has 6 heteroatoms. The van der Waals surface area contributed by atoms with E-state index >= 15 is 0 Å². The Kier molecular flexibility index (Phi) is 5.91. The van der Waals surface area contributed by atoms with Crippen LogP contribution in [0.25, 0.3) is 0 Å². The second kappa shape index (κ2) is 8.34. The van der Waals surface area contributed by atoms with Crippen LogP contribution in [0.4, 0.5) is 11.4 Å². The summed E-state index contributed by atoms with van der Waals surface area (Å²) in [6, 6.07) is 14.3. The molecule has 0 atom stereocenters. The number of rotatable bonds is 4. The van der Waals surface area contributed by atoms with Gasteiger partial charge in [-0.2, -0.15) is 0 Å².